The van der Waals surface area contributed by atoms with Crippen LogP contribution in [0.5, 0.6) is 0 Å². The van der Waals surface area contributed by atoms with Crippen LogP contribution in [0.25, 0.3) is 11.2 Å². The molecule has 0 aromatic carbocycles. The van der Waals surface area contributed by atoms with Crippen molar-refractivity contribution in [2.24, 2.45) is 14.1 Å². The van der Waals surface area contributed by atoms with E-state index in [1.54, 1.807) is 26.5 Å². The second-order valence-electron chi connectivity index (χ2n) is 3.56. The maximum atomic E-state index is 11.8. The van der Waals surface area contributed by atoms with Gasteiger partial charge in [-0.25, -0.2) is 9.78 Å². The third-order valence-electron chi connectivity index (χ3n) is 2.54. The Hall–Kier alpha value is -1.69. The topological polar surface area (TPSA) is 44.8 Å². The van der Waals surface area contributed by atoms with Crippen LogP contribution in [0.15, 0.2) is 23.8 Å². The zero-order valence-corrected chi connectivity index (χ0v) is 9.99. The van der Waals surface area contributed by atoms with Crippen molar-refractivity contribution in [1.29, 1.82) is 0 Å². The SMILES string of the molecule is C=CCn1cnc2c1c(=S)n(C)c(=O)n2C. The highest BCUT2D eigenvalue weighted by Crippen LogP contribution is 2.11. The highest BCUT2D eigenvalue weighted by Gasteiger charge is 2.10. The monoisotopic (exact) mass is 236 g/mol. The highest BCUT2D eigenvalue weighted by atomic mass is 32.1. The average molecular weight is 236 g/mol. The van der Waals surface area contributed by atoms with E-state index in [-0.39, 0.29) is 5.69 Å². The van der Waals surface area contributed by atoms with Gasteiger partial charge in [-0.15, -0.1) is 6.58 Å². The maximum absolute atomic E-state index is 11.8. The third kappa shape index (κ3) is 1.34. The van der Waals surface area contributed by atoms with Gasteiger partial charge in [0.05, 0.1) is 6.33 Å². The number of imidazole rings is 1. The molecule has 0 saturated heterocycles. The molecule has 0 fully saturated rings. The number of rotatable bonds is 2. The molecule has 84 valence electrons. The molecule has 0 bridgehead atoms. The molecule has 0 atom stereocenters. The first-order chi connectivity index (χ1) is 7.57. The highest BCUT2D eigenvalue weighted by molar-refractivity contribution is 7.71. The van der Waals surface area contributed by atoms with Crippen molar-refractivity contribution < 1.29 is 0 Å². The fourth-order valence-electron chi connectivity index (χ4n) is 1.67. The molecule has 0 radical (unpaired) electrons. The van der Waals surface area contributed by atoms with Crippen molar-refractivity contribution in [3.8, 4) is 0 Å². The number of aromatic nitrogens is 4. The van der Waals surface area contributed by atoms with Gasteiger partial charge in [0.2, 0.25) is 0 Å². The molecule has 5 nitrogen and oxygen atoms in total. The summed E-state index contributed by atoms with van der Waals surface area (Å²) >= 11 is 5.25. The van der Waals surface area contributed by atoms with E-state index in [1.165, 1.54) is 9.13 Å². The van der Waals surface area contributed by atoms with E-state index in [4.69, 9.17) is 12.2 Å². The molecule has 0 aliphatic rings. The van der Waals surface area contributed by atoms with E-state index in [1.807, 2.05) is 4.57 Å². The lowest BCUT2D eigenvalue weighted by molar-refractivity contribution is 0.716. The number of hydrogen-bond donors (Lipinski definition) is 0. The quantitative estimate of drug-likeness (QED) is 0.577. The lowest BCUT2D eigenvalue weighted by Crippen LogP contribution is -2.28. The molecule has 16 heavy (non-hydrogen) atoms. The molecule has 2 aromatic heterocycles. The smallest absolute Gasteiger partial charge is 0.323 e. The summed E-state index contributed by atoms with van der Waals surface area (Å²) < 4.78 is 5.31. The van der Waals surface area contributed by atoms with Gasteiger partial charge < -0.3 is 4.57 Å². The van der Waals surface area contributed by atoms with Gasteiger partial charge in [0.1, 0.15) is 10.2 Å². The zero-order valence-electron chi connectivity index (χ0n) is 9.17. The average Bonchev–Trinajstić information content (AvgIpc) is 2.68. The normalized spacial score (nSPS) is 10.9. The second-order valence-corrected chi connectivity index (χ2v) is 3.95. The van der Waals surface area contributed by atoms with Crippen molar-refractivity contribution in [3.63, 3.8) is 0 Å². The Morgan fingerprint density at radius 3 is 2.81 bits per heavy atom. The molecular weight excluding hydrogens is 224 g/mol. The number of hydrogen-bond acceptors (Lipinski definition) is 3. The van der Waals surface area contributed by atoms with Gasteiger partial charge >= 0.3 is 5.69 Å². The van der Waals surface area contributed by atoms with Crippen LogP contribution >= 0.6 is 12.2 Å². The Kier molecular flexibility index (Phi) is 2.51. The fraction of sp³-hybridized carbons (Fsp3) is 0.300. The van der Waals surface area contributed by atoms with Crippen LogP contribution in [-0.4, -0.2) is 18.7 Å². The molecule has 0 spiro atoms. The molecule has 6 heteroatoms. The van der Waals surface area contributed by atoms with Crippen molar-refractivity contribution in [1.82, 2.24) is 18.7 Å². The second kappa shape index (κ2) is 3.71. The molecule has 2 aromatic rings. The van der Waals surface area contributed by atoms with Crippen LogP contribution in [0.2, 0.25) is 0 Å². The Bertz CT molecular complexity index is 676. The van der Waals surface area contributed by atoms with Gasteiger partial charge in [0, 0.05) is 20.6 Å². The van der Waals surface area contributed by atoms with Gasteiger partial charge in [-0.1, -0.05) is 18.3 Å². The van der Waals surface area contributed by atoms with Crippen LogP contribution in [0.4, 0.5) is 0 Å². The van der Waals surface area contributed by atoms with Gasteiger partial charge in [0.25, 0.3) is 0 Å². The summed E-state index contributed by atoms with van der Waals surface area (Å²) in [5, 5.41) is 0. The number of fused-ring (bicyclic) bond motifs is 1. The standard InChI is InChI=1S/C10H12N4OS/c1-4-5-14-6-11-8-7(14)9(16)13(3)10(15)12(8)2/h4,6H,1,5H2,2-3H3. The predicted octanol–water partition coefficient (Wildman–Crippen LogP) is 0.989. The van der Waals surface area contributed by atoms with Crippen LogP contribution in [0.3, 0.4) is 0 Å². The molecule has 2 heterocycles. The van der Waals surface area contributed by atoms with E-state index in [9.17, 15) is 4.79 Å². The first-order valence-electron chi connectivity index (χ1n) is 4.79. The Balaban J connectivity index is 3.00. The minimum absolute atomic E-state index is 0.165. The minimum Gasteiger partial charge on any atom is -0.323 e. The Morgan fingerprint density at radius 2 is 2.19 bits per heavy atom. The predicted molar refractivity (Wildman–Crippen MR) is 65.0 cm³/mol. The summed E-state index contributed by atoms with van der Waals surface area (Å²) in [4.78, 5) is 16.0. The first kappa shape index (κ1) is 10.8. The summed E-state index contributed by atoms with van der Waals surface area (Å²) in [7, 11) is 3.35. The van der Waals surface area contributed by atoms with E-state index >= 15 is 0 Å². The molecule has 0 aliphatic heterocycles. The first-order valence-corrected chi connectivity index (χ1v) is 5.20. The molecule has 0 aliphatic carbocycles. The summed E-state index contributed by atoms with van der Waals surface area (Å²) in [6.07, 6.45) is 3.43. The van der Waals surface area contributed by atoms with Gasteiger partial charge in [-0.2, -0.15) is 0 Å². The molecule has 0 saturated carbocycles. The van der Waals surface area contributed by atoms with Crippen LogP contribution in [0.1, 0.15) is 0 Å². The van der Waals surface area contributed by atoms with Crippen molar-refractivity contribution >= 4 is 23.4 Å². The number of aryl methyl sites for hydroxylation is 1. The summed E-state index contributed by atoms with van der Waals surface area (Å²) in [6.45, 7) is 4.30. The fourth-order valence-corrected chi connectivity index (χ4v) is 1.96. The zero-order chi connectivity index (χ0) is 11.9. The van der Waals surface area contributed by atoms with Crippen LogP contribution in [0, 0.1) is 4.64 Å². The van der Waals surface area contributed by atoms with Crippen molar-refractivity contribution in [2.75, 3.05) is 0 Å². The number of nitrogens with zero attached hydrogens (tertiary/aromatic N) is 4. The maximum Gasteiger partial charge on any atom is 0.330 e. The van der Waals surface area contributed by atoms with Crippen molar-refractivity contribution in [3.05, 3.63) is 34.1 Å². The van der Waals surface area contributed by atoms with Gasteiger partial charge in [-0.05, 0) is 0 Å². The van der Waals surface area contributed by atoms with Crippen LogP contribution < -0.4 is 5.69 Å². The summed E-state index contributed by atoms with van der Waals surface area (Å²) in [5.41, 5.74) is 1.23. The van der Waals surface area contributed by atoms with Gasteiger partial charge in [-0.3, -0.25) is 9.13 Å². The van der Waals surface area contributed by atoms with E-state index in [0.717, 1.165) is 5.52 Å². The largest absolute Gasteiger partial charge is 0.330 e. The molecule has 2 rings (SSSR count). The van der Waals surface area contributed by atoms with E-state index < -0.39 is 0 Å². The van der Waals surface area contributed by atoms with E-state index in [0.29, 0.717) is 16.8 Å². The molecular formula is C10H12N4OS. The van der Waals surface area contributed by atoms with Crippen molar-refractivity contribution in [2.45, 2.75) is 6.54 Å². The Labute approximate surface area is 97.3 Å². The van der Waals surface area contributed by atoms with Gasteiger partial charge in [0.15, 0.2) is 5.65 Å². The lowest BCUT2D eigenvalue weighted by atomic mass is 10.5. The van der Waals surface area contributed by atoms with Crippen LogP contribution in [-0.2, 0) is 20.6 Å². The number of allylic oxidation sites excluding steroid dienone is 1. The van der Waals surface area contributed by atoms with E-state index in [2.05, 4.69) is 11.6 Å². The molecule has 0 N–H and O–H groups in total. The Morgan fingerprint density at radius 1 is 1.50 bits per heavy atom. The summed E-state index contributed by atoms with van der Waals surface area (Å²) in [6, 6.07) is 0. The third-order valence-corrected chi connectivity index (χ3v) is 3.01. The lowest BCUT2D eigenvalue weighted by Gasteiger charge is -2.06. The summed E-state index contributed by atoms with van der Waals surface area (Å²) in [5.74, 6) is 0. The molecule has 0 unspecified atom stereocenters. The minimum atomic E-state index is -0.165. The molecule has 0 amide bonds.